The van der Waals surface area contributed by atoms with Crippen molar-refractivity contribution in [3.05, 3.63) is 0 Å². The number of thiol groups is 1. The summed E-state index contributed by atoms with van der Waals surface area (Å²) >= 11 is 3.95. The maximum atomic E-state index is 10.5. The number of carbonyl (C=O) groups excluding carboxylic acids is 2. The summed E-state index contributed by atoms with van der Waals surface area (Å²) < 4.78 is 4.37. The standard InChI is InChI=1S/C6H10O3S/c1-5(8)6(10)2-3-9-4-7/h4,6,10H,2-3H2,1H3. The first-order chi connectivity index (χ1) is 4.68. The topological polar surface area (TPSA) is 43.4 Å². The fourth-order valence-corrected chi connectivity index (χ4v) is 0.536. The van der Waals surface area contributed by atoms with Gasteiger partial charge in [-0.15, -0.1) is 0 Å². The molecule has 4 heteroatoms. The number of hydrogen-bond donors (Lipinski definition) is 1. The maximum absolute atomic E-state index is 10.5. The molecule has 1 unspecified atom stereocenters. The van der Waals surface area contributed by atoms with Crippen LogP contribution in [0.15, 0.2) is 0 Å². The van der Waals surface area contributed by atoms with Gasteiger partial charge in [0.25, 0.3) is 6.47 Å². The number of ether oxygens (including phenoxy) is 1. The molecule has 0 rings (SSSR count). The monoisotopic (exact) mass is 162 g/mol. The van der Waals surface area contributed by atoms with E-state index in [1.54, 1.807) is 0 Å². The van der Waals surface area contributed by atoms with Crippen LogP contribution in [0.25, 0.3) is 0 Å². The first kappa shape index (κ1) is 9.49. The Kier molecular flexibility index (Phi) is 5.02. The van der Waals surface area contributed by atoms with E-state index in [0.29, 0.717) is 12.9 Å². The normalized spacial score (nSPS) is 12.2. The van der Waals surface area contributed by atoms with Crippen molar-refractivity contribution >= 4 is 24.9 Å². The van der Waals surface area contributed by atoms with Gasteiger partial charge in [0.15, 0.2) is 0 Å². The van der Waals surface area contributed by atoms with Crippen molar-refractivity contribution in [1.29, 1.82) is 0 Å². The maximum Gasteiger partial charge on any atom is 0.293 e. The van der Waals surface area contributed by atoms with Crippen LogP contribution in [0.4, 0.5) is 0 Å². The van der Waals surface area contributed by atoms with E-state index in [2.05, 4.69) is 17.4 Å². The molecule has 0 aliphatic heterocycles. The van der Waals surface area contributed by atoms with E-state index in [1.807, 2.05) is 0 Å². The molecule has 0 aliphatic carbocycles. The molecular weight excluding hydrogens is 152 g/mol. The van der Waals surface area contributed by atoms with E-state index in [1.165, 1.54) is 6.92 Å². The quantitative estimate of drug-likeness (QED) is 0.362. The Labute approximate surface area is 65.2 Å². The van der Waals surface area contributed by atoms with Crippen molar-refractivity contribution in [2.45, 2.75) is 18.6 Å². The fourth-order valence-electron chi connectivity index (χ4n) is 0.431. The van der Waals surface area contributed by atoms with Gasteiger partial charge in [-0.25, -0.2) is 0 Å². The Morgan fingerprint density at radius 1 is 1.80 bits per heavy atom. The summed E-state index contributed by atoms with van der Waals surface area (Å²) in [4.78, 5) is 20.1. The first-order valence-electron chi connectivity index (χ1n) is 2.92. The number of Topliss-reactive ketones (excluding diaryl/α,β-unsaturated/α-hetero) is 1. The number of rotatable bonds is 5. The van der Waals surface area contributed by atoms with Gasteiger partial charge in [0, 0.05) is 6.42 Å². The number of ketones is 1. The van der Waals surface area contributed by atoms with Gasteiger partial charge >= 0.3 is 0 Å². The van der Waals surface area contributed by atoms with E-state index in [4.69, 9.17) is 0 Å². The molecule has 10 heavy (non-hydrogen) atoms. The highest BCUT2D eigenvalue weighted by molar-refractivity contribution is 7.81. The zero-order valence-corrected chi connectivity index (χ0v) is 6.64. The molecule has 1 atom stereocenters. The molecule has 0 aromatic rings. The van der Waals surface area contributed by atoms with E-state index < -0.39 is 0 Å². The molecule has 0 aromatic carbocycles. The van der Waals surface area contributed by atoms with E-state index in [0.717, 1.165) is 0 Å². The SMILES string of the molecule is CC(=O)C(S)CCOC=O. The fraction of sp³-hybridized carbons (Fsp3) is 0.667. The second kappa shape index (κ2) is 5.29. The Hall–Kier alpha value is -0.510. The third-order valence-electron chi connectivity index (χ3n) is 1.05. The van der Waals surface area contributed by atoms with Crippen LogP contribution in [-0.4, -0.2) is 24.1 Å². The predicted octanol–water partition coefficient (Wildman–Crippen LogP) is 0.437. The molecule has 0 spiro atoms. The molecule has 0 N–H and O–H groups in total. The van der Waals surface area contributed by atoms with Gasteiger partial charge < -0.3 is 4.74 Å². The van der Waals surface area contributed by atoms with Gasteiger partial charge in [-0.1, -0.05) is 0 Å². The molecule has 3 nitrogen and oxygen atoms in total. The zero-order chi connectivity index (χ0) is 7.98. The lowest BCUT2D eigenvalue weighted by atomic mass is 10.2. The molecule has 0 amide bonds. The Morgan fingerprint density at radius 3 is 2.80 bits per heavy atom. The van der Waals surface area contributed by atoms with E-state index in [9.17, 15) is 9.59 Å². The van der Waals surface area contributed by atoms with Crippen LogP contribution in [0, 0.1) is 0 Å². The molecule has 0 radical (unpaired) electrons. The molecule has 0 heterocycles. The van der Waals surface area contributed by atoms with Crippen LogP contribution in [0.1, 0.15) is 13.3 Å². The lowest BCUT2D eigenvalue weighted by molar-refractivity contribution is -0.129. The van der Waals surface area contributed by atoms with Crippen molar-refractivity contribution in [2.75, 3.05) is 6.61 Å². The summed E-state index contributed by atoms with van der Waals surface area (Å²) in [5, 5.41) is -0.306. The van der Waals surface area contributed by atoms with Gasteiger partial charge in [-0.05, 0) is 6.92 Å². The van der Waals surface area contributed by atoms with Crippen molar-refractivity contribution < 1.29 is 14.3 Å². The highest BCUT2D eigenvalue weighted by Crippen LogP contribution is 2.01. The molecule has 0 fully saturated rings. The first-order valence-corrected chi connectivity index (χ1v) is 3.44. The van der Waals surface area contributed by atoms with Crippen molar-refractivity contribution in [1.82, 2.24) is 0 Å². The largest absolute Gasteiger partial charge is 0.468 e. The van der Waals surface area contributed by atoms with Crippen LogP contribution >= 0.6 is 12.6 Å². The minimum Gasteiger partial charge on any atom is -0.468 e. The van der Waals surface area contributed by atoms with Crippen molar-refractivity contribution in [3.63, 3.8) is 0 Å². The van der Waals surface area contributed by atoms with Gasteiger partial charge in [0.05, 0.1) is 11.9 Å². The summed E-state index contributed by atoms with van der Waals surface area (Å²) in [5.74, 6) is -0.00201. The lowest BCUT2D eigenvalue weighted by Gasteiger charge is -2.03. The molecular formula is C6H10O3S. The Morgan fingerprint density at radius 2 is 2.40 bits per heavy atom. The molecule has 58 valence electrons. The summed E-state index contributed by atoms with van der Waals surface area (Å²) in [7, 11) is 0. The molecule has 0 saturated carbocycles. The molecule has 0 saturated heterocycles. The van der Waals surface area contributed by atoms with Crippen LogP contribution in [0.2, 0.25) is 0 Å². The van der Waals surface area contributed by atoms with Crippen LogP contribution in [-0.2, 0) is 14.3 Å². The van der Waals surface area contributed by atoms with E-state index in [-0.39, 0.29) is 17.6 Å². The second-order valence-electron chi connectivity index (χ2n) is 1.88. The highest BCUT2D eigenvalue weighted by Gasteiger charge is 2.07. The van der Waals surface area contributed by atoms with Gasteiger partial charge in [-0.2, -0.15) is 12.6 Å². The smallest absolute Gasteiger partial charge is 0.293 e. The zero-order valence-electron chi connectivity index (χ0n) is 5.74. The Bertz CT molecular complexity index is 124. The second-order valence-corrected chi connectivity index (χ2v) is 2.51. The Balaban J connectivity index is 3.30. The average Bonchev–Trinajstić information content (AvgIpc) is 1.88. The number of carbonyl (C=O) groups is 2. The van der Waals surface area contributed by atoms with Gasteiger partial charge in [-0.3, -0.25) is 9.59 Å². The summed E-state index contributed by atoms with van der Waals surface area (Å²) in [6, 6.07) is 0. The van der Waals surface area contributed by atoms with Crippen LogP contribution in [0.5, 0.6) is 0 Å². The van der Waals surface area contributed by atoms with Gasteiger partial charge in [0.1, 0.15) is 5.78 Å². The summed E-state index contributed by atoms with van der Waals surface area (Å²) in [6.45, 7) is 2.08. The number of hydrogen-bond acceptors (Lipinski definition) is 4. The third-order valence-corrected chi connectivity index (χ3v) is 1.67. The van der Waals surface area contributed by atoms with Crippen molar-refractivity contribution in [3.8, 4) is 0 Å². The van der Waals surface area contributed by atoms with Crippen LogP contribution < -0.4 is 0 Å². The molecule has 0 bridgehead atoms. The van der Waals surface area contributed by atoms with Crippen molar-refractivity contribution in [2.24, 2.45) is 0 Å². The van der Waals surface area contributed by atoms with Crippen LogP contribution in [0.3, 0.4) is 0 Å². The molecule has 0 aliphatic rings. The van der Waals surface area contributed by atoms with E-state index >= 15 is 0 Å². The summed E-state index contributed by atoms with van der Waals surface area (Å²) in [6.07, 6.45) is 0.483. The minimum absolute atomic E-state index is 0.00201. The lowest BCUT2D eigenvalue weighted by Crippen LogP contribution is -2.12. The molecule has 0 aromatic heterocycles. The highest BCUT2D eigenvalue weighted by atomic mass is 32.1. The van der Waals surface area contributed by atoms with Gasteiger partial charge in [0.2, 0.25) is 0 Å². The predicted molar refractivity (Wildman–Crippen MR) is 40.1 cm³/mol. The minimum atomic E-state index is -0.306. The third kappa shape index (κ3) is 4.38. The average molecular weight is 162 g/mol. The summed E-state index contributed by atoms with van der Waals surface area (Å²) in [5.41, 5.74) is 0.